The van der Waals surface area contributed by atoms with Gasteiger partial charge in [-0.2, -0.15) is 13.7 Å². The van der Waals surface area contributed by atoms with Gasteiger partial charge in [-0.05, 0) is 41.3 Å². The lowest BCUT2D eigenvalue weighted by Gasteiger charge is -2.05. The summed E-state index contributed by atoms with van der Waals surface area (Å²) in [6.45, 7) is 0. The van der Waals surface area contributed by atoms with E-state index in [2.05, 4.69) is 15.5 Å². The largest absolute Gasteiger partial charge is 0.497 e. The number of allylic oxidation sites excluding steroid dienone is 2. The number of nitrogens with zero attached hydrogens (tertiary/aromatic N) is 2. The molecule has 0 atom stereocenters. The summed E-state index contributed by atoms with van der Waals surface area (Å²) in [7, 11) is -2.13. The maximum absolute atomic E-state index is 11.0. The van der Waals surface area contributed by atoms with Crippen molar-refractivity contribution in [3.63, 3.8) is 0 Å². The molecule has 0 saturated heterocycles. The minimum atomic E-state index is -3.69. The standard InChI is InChI=1S/C14H12N2O4S2/c1-19-11-5-3-10(4-6-11)13(9-15)12-7-8-21-14(12)16-20-22(2,17)18/h3-8H,1-2H3/b13-12+,16-14-. The Labute approximate surface area is 132 Å². The first-order valence-corrected chi connectivity index (χ1v) is 8.73. The first-order chi connectivity index (χ1) is 10.4. The number of rotatable bonds is 4. The van der Waals surface area contributed by atoms with Crippen LogP contribution >= 0.6 is 11.8 Å². The Morgan fingerprint density at radius 3 is 2.55 bits per heavy atom. The van der Waals surface area contributed by atoms with E-state index in [1.165, 1.54) is 11.8 Å². The molecule has 0 aliphatic carbocycles. The third kappa shape index (κ3) is 3.90. The zero-order valence-electron chi connectivity index (χ0n) is 11.8. The summed E-state index contributed by atoms with van der Waals surface area (Å²) in [5.74, 6) is 0.677. The van der Waals surface area contributed by atoms with Crippen molar-refractivity contribution in [1.82, 2.24) is 0 Å². The first kappa shape index (κ1) is 16.1. The van der Waals surface area contributed by atoms with Gasteiger partial charge in [0.15, 0.2) is 0 Å². The van der Waals surface area contributed by atoms with E-state index in [9.17, 15) is 13.7 Å². The highest BCUT2D eigenvalue weighted by Crippen LogP contribution is 2.31. The number of oxime groups is 1. The maximum Gasteiger partial charge on any atom is 0.325 e. The molecular formula is C14H12N2O4S2. The van der Waals surface area contributed by atoms with Gasteiger partial charge in [-0.1, -0.05) is 16.9 Å². The van der Waals surface area contributed by atoms with Crippen LogP contribution in [0, 0.1) is 11.3 Å². The van der Waals surface area contributed by atoms with Crippen molar-refractivity contribution in [2.75, 3.05) is 13.4 Å². The molecule has 1 aromatic carbocycles. The zero-order valence-corrected chi connectivity index (χ0v) is 13.4. The minimum Gasteiger partial charge on any atom is -0.497 e. The van der Waals surface area contributed by atoms with Gasteiger partial charge in [-0.3, -0.25) is 4.28 Å². The number of ether oxygens (including phenoxy) is 1. The third-order valence-corrected chi connectivity index (χ3v) is 3.80. The Balaban J connectivity index is 2.43. The van der Waals surface area contributed by atoms with Crippen molar-refractivity contribution < 1.29 is 17.4 Å². The average Bonchev–Trinajstić information content (AvgIpc) is 2.94. The lowest BCUT2D eigenvalue weighted by atomic mass is 10.0. The molecule has 0 aromatic heterocycles. The number of thioether (sulfide) groups is 1. The Kier molecular flexibility index (Phi) is 4.90. The van der Waals surface area contributed by atoms with Crippen LogP contribution in [0.3, 0.4) is 0 Å². The lowest BCUT2D eigenvalue weighted by Crippen LogP contribution is -2.01. The predicted octanol–water partition coefficient (Wildman–Crippen LogP) is 2.52. The second-order valence-corrected chi connectivity index (χ2v) is 6.68. The highest BCUT2D eigenvalue weighted by Gasteiger charge is 2.19. The molecule has 0 amide bonds. The molecule has 1 aromatic rings. The van der Waals surface area contributed by atoms with E-state index < -0.39 is 10.1 Å². The van der Waals surface area contributed by atoms with Crippen LogP contribution in [0.2, 0.25) is 0 Å². The van der Waals surface area contributed by atoms with Crippen molar-refractivity contribution in [1.29, 1.82) is 5.26 Å². The van der Waals surface area contributed by atoms with Gasteiger partial charge in [0.25, 0.3) is 0 Å². The summed E-state index contributed by atoms with van der Waals surface area (Å²) in [5.41, 5.74) is 1.57. The van der Waals surface area contributed by atoms with Gasteiger partial charge in [-0.25, -0.2) is 0 Å². The van der Waals surface area contributed by atoms with Gasteiger partial charge in [0.05, 0.1) is 18.9 Å². The van der Waals surface area contributed by atoms with E-state index in [1.54, 1.807) is 42.9 Å². The molecule has 2 rings (SSSR count). The fraction of sp³-hybridized carbons (Fsp3) is 0.143. The van der Waals surface area contributed by atoms with E-state index in [0.29, 0.717) is 27.5 Å². The monoisotopic (exact) mass is 336 g/mol. The third-order valence-electron chi connectivity index (χ3n) is 2.66. The lowest BCUT2D eigenvalue weighted by molar-refractivity contribution is 0.345. The molecule has 8 heteroatoms. The number of hydrogen-bond acceptors (Lipinski definition) is 7. The van der Waals surface area contributed by atoms with Gasteiger partial charge in [0.1, 0.15) is 16.9 Å². The molecule has 0 unspecified atom stereocenters. The van der Waals surface area contributed by atoms with Gasteiger partial charge in [0, 0.05) is 5.57 Å². The number of hydrogen-bond donors (Lipinski definition) is 0. The van der Waals surface area contributed by atoms with E-state index in [1.807, 2.05) is 0 Å². The summed E-state index contributed by atoms with van der Waals surface area (Å²) < 4.78 is 31.6. The molecule has 114 valence electrons. The van der Waals surface area contributed by atoms with Crippen LogP contribution in [0.4, 0.5) is 0 Å². The van der Waals surface area contributed by atoms with Crippen LogP contribution in [0.25, 0.3) is 5.57 Å². The van der Waals surface area contributed by atoms with Crippen LogP contribution in [0.1, 0.15) is 5.56 Å². The van der Waals surface area contributed by atoms with Crippen LogP contribution in [-0.4, -0.2) is 26.8 Å². The molecule has 0 N–H and O–H groups in total. The Hall–Kier alpha value is -2.24. The summed E-state index contributed by atoms with van der Waals surface area (Å²) in [6, 6.07) is 9.08. The number of methoxy groups -OCH3 is 1. The molecule has 0 saturated carbocycles. The minimum absolute atomic E-state index is 0.317. The van der Waals surface area contributed by atoms with Gasteiger partial charge < -0.3 is 4.74 Å². The van der Waals surface area contributed by atoms with Crippen LogP contribution in [0.15, 0.2) is 46.5 Å². The van der Waals surface area contributed by atoms with E-state index in [-0.39, 0.29) is 0 Å². The fourth-order valence-corrected chi connectivity index (χ4v) is 2.67. The smallest absolute Gasteiger partial charge is 0.325 e. The highest BCUT2D eigenvalue weighted by molar-refractivity contribution is 8.17. The molecule has 1 aliphatic rings. The topological polar surface area (TPSA) is 88.8 Å². The quantitative estimate of drug-likeness (QED) is 0.620. The van der Waals surface area contributed by atoms with Crippen molar-refractivity contribution in [3.05, 3.63) is 46.9 Å². The number of benzene rings is 1. The SMILES string of the molecule is COc1ccc(/C(C#N)=C2\C=CS\C2=N/OS(C)(=O)=O)cc1. The number of nitriles is 1. The van der Waals surface area contributed by atoms with Crippen molar-refractivity contribution in [3.8, 4) is 11.8 Å². The van der Waals surface area contributed by atoms with Crippen LogP contribution < -0.4 is 4.74 Å². The molecule has 0 fully saturated rings. The summed E-state index contributed by atoms with van der Waals surface area (Å²) in [4.78, 5) is 0. The van der Waals surface area contributed by atoms with Crippen molar-refractivity contribution >= 4 is 32.5 Å². The predicted molar refractivity (Wildman–Crippen MR) is 85.6 cm³/mol. The van der Waals surface area contributed by atoms with Crippen molar-refractivity contribution in [2.45, 2.75) is 0 Å². The molecule has 1 aliphatic heterocycles. The van der Waals surface area contributed by atoms with Gasteiger partial charge >= 0.3 is 10.1 Å². The van der Waals surface area contributed by atoms with E-state index in [0.717, 1.165) is 6.26 Å². The summed E-state index contributed by atoms with van der Waals surface area (Å²) >= 11 is 1.18. The molecular weight excluding hydrogens is 324 g/mol. The second kappa shape index (κ2) is 6.68. The van der Waals surface area contributed by atoms with Crippen LogP contribution in [-0.2, 0) is 14.4 Å². The molecule has 22 heavy (non-hydrogen) atoms. The highest BCUT2D eigenvalue weighted by atomic mass is 32.2. The maximum atomic E-state index is 11.0. The van der Waals surface area contributed by atoms with Crippen molar-refractivity contribution in [2.24, 2.45) is 5.16 Å². The van der Waals surface area contributed by atoms with Gasteiger partial charge in [-0.15, -0.1) is 0 Å². The Morgan fingerprint density at radius 1 is 1.32 bits per heavy atom. The van der Waals surface area contributed by atoms with Gasteiger partial charge in [0.2, 0.25) is 0 Å². The van der Waals surface area contributed by atoms with E-state index in [4.69, 9.17) is 4.74 Å². The van der Waals surface area contributed by atoms with E-state index >= 15 is 0 Å². The summed E-state index contributed by atoms with van der Waals surface area (Å²) in [5, 5.41) is 15.0. The van der Waals surface area contributed by atoms with Crippen LogP contribution in [0.5, 0.6) is 5.75 Å². The Morgan fingerprint density at radius 2 is 2.00 bits per heavy atom. The average molecular weight is 336 g/mol. The molecule has 1 heterocycles. The molecule has 0 spiro atoms. The zero-order chi connectivity index (χ0) is 16.2. The normalized spacial score (nSPS) is 18.1. The molecule has 0 radical (unpaired) electrons. The molecule has 6 nitrogen and oxygen atoms in total. The fourth-order valence-electron chi connectivity index (χ4n) is 1.70. The Bertz CT molecular complexity index is 800. The second-order valence-electron chi connectivity index (χ2n) is 4.22. The summed E-state index contributed by atoms with van der Waals surface area (Å²) in [6.07, 6.45) is 2.60. The first-order valence-electron chi connectivity index (χ1n) is 6.03. The molecule has 0 bridgehead atoms.